The number of ether oxygens (including phenoxy) is 1. The highest BCUT2D eigenvalue weighted by molar-refractivity contribution is 6.07. The van der Waals surface area contributed by atoms with Crippen molar-refractivity contribution >= 4 is 22.8 Å². The lowest BCUT2D eigenvalue weighted by atomic mass is 10.0. The smallest absolute Gasteiger partial charge is 0.255 e. The molecule has 1 aliphatic heterocycles. The highest BCUT2D eigenvalue weighted by atomic mass is 16.5. The number of furan rings is 1. The molecule has 7 nitrogen and oxygen atoms in total. The number of nitrogens with zero attached hydrogens (tertiary/aromatic N) is 1. The van der Waals surface area contributed by atoms with E-state index in [-0.39, 0.29) is 24.4 Å². The summed E-state index contributed by atoms with van der Waals surface area (Å²) in [4.78, 5) is 25.8. The molecule has 1 saturated heterocycles. The van der Waals surface area contributed by atoms with Gasteiger partial charge in [0.15, 0.2) is 0 Å². The third-order valence-electron chi connectivity index (χ3n) is 4.60. The molecule has 0 unspecified atom stereocenters. The van der Waals surface area contributed by atoms with Crippen LogP contribution in [0.25, 0.3) is 11.0 Å². The maximum absolute atomic E-state index is 12.8. The highest BCUT2D eigenvalue weighted by Gasteiger charge is 2.25. The first-order valence-corrected chi connectivity index (χ1v) is 8.36. The van der Waals surface area contributed by atoms with Crippen LogP contribution < -0.4 is 15.8 Å². The van der Waals surface area contributed by atoms with E-state index in [0.29, 0.717) is 22.7 Å². The third kappa shape index (κ3) is 3.76. The highest BCUT2D eigenvalue weighted by Crippen LogP contribution is 2.29. The number of primary amides is 1. The molecule has 1 aromatic carbocycles. The van der Waals surface area contributed by atoms with E-state index >= 15 is 0 Å². The monoisotopic (exact) mass is 345 g/mol. The quantitative estimate of drug-likeness (QED) is 0.854. The van der Waals surface area contributed by atoms with Gasteiger partial charge in [-0.05, 0) is 38.0 Å². The SMILES string of the molecule is COc1ccc2oc(C)c(C(=O)NC3CCN(CC(N)=O)CC3)c2c1. The second-order valence-corrected chi connectivity index (χ2v) is 6.39. The molecule has 0 saturated carbocycles. The Morgan fingerprint density at radius 1 is 1.36 bits per heavy atom. The molecule has 7 heteroatoms. The Hall–Kier alpha value is -2.54. The topological polar surface area (TPSA) is 97.8 Å². The van der Waals surface area contributed by atoms with E-state index in [1.54, 1.807) is 26.2 Å². The summed E-state index contributed by atoms with van der Waals surface area (Å²) < 4.78 is 10.9. The van der Waals surface area contributed by atoms with E-state index in [2.05, 4.69) is 5.32 Å². The van der Waals surface area contributed by atoms with E-state index in [0.717, 1.165) is 31.3 Å². The summed E-state index contributed by atoms with van der Waals surface area (Å²) in [6, 6.07) is 5.50. The van der Waals surface area contributed by atoms with Crippen molar-refractivity contribution in [1.82, 2.24) is 10.2 Å². The van der Waals surface area contributed by atoms with Crippen molar-refractivity contribution in [3.05, 3.63) is 29.5 Å². The maximum atomic E-state index is 12.8. The molecule has 0 atom stereocenters. The molecular weight excluding hydrogens is 322 g/mol. The predicted octanol–water partition coefficient (Wildman–Crippen LogP) is 1.43. The average molecular weight is 345 g/mol. The van der Waals surface area contributed by atoms with Gasteiger partial charge in [-0.1, -0.05) is 0 Å². The van der Waals surface area contributed by atoms with Crippen molar-refractivity contribution in [2.24, 2.45) is 5.73 Å². The summed E-state index contributed by atoms with van der Waals surface area (Å²) in [5.41, 5.74) is 6.44. The number of piperidine rings is 1. The fourth-order valence-electron chi connectivity index (χ4n) is 3.32. The molecule has 0 bridgehead atoms. The average Bonchev–Trinajstić information content (AvgIpc) is 2.91. The van der Waals surface area contributed by atoms with Crippen LogP contribution in [0.2, 0.25) is 0 Å². The Bertz CT molecular complexity index is 791. The van der Waals surface area contributed by atoms with Gasteiger partial charge in [0.2, 0.25) is 5.91 Å². The fourth-order valence-corrected chi connectivity index (χ4v) is 3.32. The van der Waals surface area contributed by atoms with Gasteiger partial charge in [-0.25, -0.2) is 0 Å². The number of methoxy groups -OCH3 is 1. The van der Waals surface area contributed by atoms with Gasteiger partial charge in [-0.2, -0.15) is 0 Å². The number of hydrogen-bond acceptors (Lipinski definition) is 5. The molecule has 2 aromatic rings. The first-order valence-electron chi connectivity index (χ1n) is 8.36. The van der Waals surface area contributed by atoms with Crippen LogP contribution in [-0.4, -0.2) is 49.5 Å². The lowest BCUT2D eigenvalue weighted by Crippen LogP contribution is -2.46. The molecule has 1 fully saturated rings. The number of nitrogens with two attached hydrogens (primary N) is 1. The second-order valence-electron chi connectivity index (χ2n) is 6.39. The number of likely N-dealkylation sites (tertiary alicyclic amines) is 1. The van der Waals surface area contributed by atoms with Gasteiger partial charge in [-0.15, -0.1) is 0 Å². The lowest BCUT2D eigenvalue weighted by molar-refractivity contribution is -0.119. The lowest BCUT2D eigenvalue weighted by Gasteiger charge is -2.31. The molecule has 3 rings (SSSR count). The van der Waals surface area contributed by atoms with Gasteiger partial charge in [0.1, 0.15) is 17.1 Å². The number of benzene rings is 1. The number of hydrogen-bond donors (Lipinski definition) is 2. The first kappa shape index (κ1) is 17.3. The maximum Gasteiger partial charge on any atom is 0.255 e. The largest absolute Gasteiger partial charge is 0.497 e. The van der Waals surface area contributed by atoms with E-state index in [4.69, 9.17) is 14.9 Å². The van der Waals surface area contributed by atoms with Crippen molar-refractivity contribution < 1.29 is 18.7 Å². The summed E-state index contributed by atoms with van der Waals surface area (Å²) in [7, 11) is 1.59. The van der Waals surface area contributed by atoms with Gasteiger partial charge in [-0.3, -0.25) is 14.5 Å². The summed E-state index contributed by atoms with van der Waals surface area (Å²) >= 11 is 0. The zero-order valence-corrected chi connectivity index (χ0v) is 14.5. The van der Waals surface area contributed by atoms with E-state index in [9.17, 15) is 9.59 Å². The van der Waals surface area contributed by atoms with Crippen LogP contribution in [0.1, 0.15) is 29.0 Å². The second kappa shape index (κ2) is 7.14. The van der Waals surface area contributed by atoms with Crippen molar-refractivity contribution in [3.8, 4) is 5.75 Å². The summed E-state index contributed by atoms with van der Waals surface area (Å²) in [6.07, 6.45) is 1.58. The van der Waals surface area contributed by atoms with Crippen molar-refractivity contribution in [2.45, 2.75) is 25.8 Å². The Labute approximate surface area is 146 Å². The van der Waals surface area contributed by atoms with Gasteiger partial charge in [0.05, 0.1) is 19.2 Å². The minimum absolute atomic E-state index is 0.0755. The predicted molar refractivity (Wildman–Crippen MR) is 93.6 cm³/mol. The third-order valence-corrected chi connectivity index (χ3v) is 4.60. The molecule has 1 aliphatic rings. The summed E-state index contributed by atoms with van der Waals surface area (Å²) in [6.45, 7) is 3.54. The van der Waals surface area contributed by atoms with Crippen LogP contribution in [0.15, 0.2) is 22.6 Å². The Morgan fingerprint density at radius 3 is 2.72 bits per heavy atom. The molecule has 1 aromatic heterocycles. The van der Waals surface area contributed by atoms with Crippen molar-refractivity contribution in [2.75, 3.05) is 26.7 Å². The van der Waals surface area contributed by atoms with E-state index < -0.39 is 0 Å². The number of aryl methyl sites for hydroxylation is 1. The van der Waals surface area contributed by atoms with Crippen LogP contribution in [0.3, 0.4) is 0 Å². The summed E-state index contributed by atoms with van der Waals surface area (Å²) in [5.74, 6) is 0.809. The zero-order valence-electron chi connectivity index (χ0n) is 14.5. The van der Waals surface area contributed by atoms with Gasteiger partial charge in [0, 0.05) is 24.5 Å². The van der Waals surface area contributed by atoms with E-state index in [1.807, 2.05) is 11.0 Å². The minimum atomic E-state index is -0.322. The van der Waals surface area contributed by atoms with Gasteiger partial charge in [0.25, 0.3) is 5.91 Å². The number of fused-ring (bicyclic) bond motifs is 1. The fraction of sp³-hybridized carbons (Fsp3) is 0.444. The van der Waals surface area contributed by atoms with E-state index in [1.165, 1.54) is 0 Å². The Balaban J connectivity index is 1.71. The van der Waals surface area contributed by atoms with Crippen LogP contribution in [0.4, 0.5) is 0 Å². The van der Waals surface area contributed by atoms with Crippen LogP contribution in [-0.2, 0) is 4.79 Å². The van der Waals surface area contributed by atoms with Crippen LogP contribution in [0.5, 0.6) is 5.75 Å². The number of amides is 2. The van der Waals surface area contributed by atoms with Gasteiger partial charge < -0.3 is 20.2 Å². The normalized spacial score (nSPS) is 16.1. The molecule has 3 N–H and O–H groups in total. The van der Waals surface area contributed by atoms with Crippen LogP contribution in [0, 0.1) is 6.92 Å². The molecule has 134 valence electrons. The zero-order chi connectivity index (χ0) is 18.0. The Kier molecular flexibility index (Phi) is 4.94. The molecule has 0 spiro atoms. The molecule has 2 heterocycles. The first-order chi connectivity index (χ1) is 12.0. The van der Waals surface area contributed by atoms with Crippen LogP contribution >= 0.6 is 0 Å². The Morgan fingerprint density at radius 2 is 2.08 bits per heavy atom. The number of nitrogens with one attached hydrogen (secondary N) is 1. The number of carbonyl (C=O) groups excluding carboxylic acids is 2. The number of rotatable bonds is 5. The molecule has 0 radical (unpaired) electrons. The summed E-state index contributed by atoms with van der Waals surface area (Å²) in [5, 5.41) is 3.83. The van der Waals surface area contributed by atoms with Crippen molar-refractivity contribution in [1.29, 1.82) is 0 Å². The molecule has 0 aliphatic carbocycles. The molecular formula is C18H23N3O4. The minimum Gasteiger partial charge on any atom is -0.497 e. The standard InChI is InChI=1S/C18H23N3O4/c1-11-17(14-9-13(24-2)3-4-15(14)25-11)18(23)20-12-5-7-21(8-6-12)10-16(19)22/h3-4,9,12H,5-8,10H2,1-2H3,(H2,19,22)(H,20,23). The molecule has 2 amide bonds. The van der Waals surface area contributed by atoms with Gasteiger partial charge >= 0.3 is 0 Å². The molecule has 25 heavy (non-hydrogen) atoms. The van der Waals surface area contributed by atoms with Crippen molar-refractivity contribution in [3.63, 3.8) is 0 Å². The number of carbonyl (C=O) groups is 2.